The summed E-state index contributed by atoms with van der Waals surface area (Å²) >= 11 is 0. The van der Waals surface area contributed by atoms with Crippen molar-refractivity contribution in [2.24, 2.45) is 5.92 Å². The number of anilines is 1. The number of hydrogen-bond donors (Lipinski definition) is 1. The average molecular weight is 213 g/mol. The van der Waals surface area contributed by atoms with Crippen LogP contribution in [0.25, 0.3) is 0 Å². The summed E-state index contributed by atoms with van der Waals surface area (Å²) in [6, 6.07) is 6.78. The van der Waals surface area contributed by atoms with Crippen molar-refractivity contribution in [2.45, 2.75) is 0 Å². The number of aliphatic hydroxyl groups is 1. The molecule has 0 radical (unpaired) electrons. The zero-order valence-corrected chi connectivity index (χ0v) is 9.22. The number of nitrogens with zero attached hydrogens (tertiary/aromatic N) is 1. The summed E-state index contributed by atoms with van der Waals surface area (Å²) in [6.45, 7) is 1.57. The zero-order chi connectivity index (χ0) is 10.8. The standard InChI is InChI=1S/C11H13NO3.Li/c13-7-8-5-12(6-8)10-4-2-1-3-9(10)11(14)15;/h1-4,8,13H,5-7H2,(H,14,15);/q;+1/p-1. The number of benzene rings is 1. The normalized spacial score (nSPS) is 15.2. The van der Waals surface area contributed by atoms with Crippen molar-refractivity contribution >= 4 is 11.7 Å². The third-order valence-electron chi connectivity index (χ3n) is 2.68. The Morgan fingerprint density at radius 2 is 2.06 bits per heavy atom. The first kappa shape index (κ1) is 13.1. The van der Waals surface area contributed by atoms with E-state index in [-0.39, 0.29) is 36.9 Å². The quantitative estimate of drug-likeness (QED) is 0.529. The van der Waals surface area contributed by atoms with Gasteiger partial charge < -0.3 is 19.9 Å². The molecular weight excluding hydrogens is 201 g/mol. The topological polar surface area (TPSA) is 63.6 Å². The Morgan fingerprint density at radius 3 is 2.62 bits per heavy atom. The molecule has 1 aromatic rings. The third-order valence-corrected chi connectivity index (χ3v) is 2.68. The smallest absolute Gasteiger partial charge is 0.545 e. The minimum atomic E-state index is -1.15. The fourth-order valence-electron chi connectivity index (χ4n) is 1.80. The molecule has 1 fully saturated rings. The molecule has 0 aliphatic carbocycles. The molecular formula is C11H12LiNO3. The van der Waals surface area contributed by atoms with Crippen LogP contribution in [0.2, 0.25) is 0 Å². The van der Waals surface area contributed by atoms with Gasteiger partial charge in [0.25, 0.3) is 0 Å². The monoisotopic (exact) mass is 213 g/mol. The van der Waals surface area contributed by atoms with E-state index in [1.54, 1.807) is 18.2 Å². The second-order valence-electron chi connectivity index (χ2n) is 3.76. The van der Waals surface area contributed by atoms with Gasteiger partial charge in [-0.05, 0) is 6.07 Å². The number of carboxylic acid groups (broad SMARTS) is 1. The van der Waals surface area contributed by atoms with Crippen molar-refractivity contribution in [3.05, 3.63) is 29.8 Å². The largest absolute Gasteiger partial charge is 1.00 e. The third kappa shape index (κ3) is 2.41. The van der Waals surface area contributed by atoms with E-state index >= 15 is 0 Å². The van der Waals surface area contributed by atoms with Crippen LogP contribution in [-0.4, -0.2) is 30.8 Å². The van der Waals surface area contributed by atoms with Crippen LogP contribution in [0.15, 0.2) is 24.3 Å². The number of carboxylic acids is 1. The summed E-state index contributed by atoms with van der Waals surface area (Å²) in [5, 5.41) is 19.7. The first-order valence-corrected chi connectivity index (χ1v) is 4.88. The van der Waals surface area contributed by atoms with Gasteiger partial charge in [0, 0.05) is 36.9 Å². The second kappa shape index (κ2) is 5.40. The van der Waals surface area contributed by atoms with E-state index < -0.39 is 5.97 Å². The molecule has 80 valence electrons. The van der Waals surface area contributed by atoms with Crippen LogP contribution in [0.1, 0.15) is 10.4 Å². The van der Waals surface area contributed by atoms with Gasteiger partial charge in [0.2, 0.25) is 0 Å². The van der Waals surface area contributed by atoms with Gasteiger partial charge in [0.05, 0.1) is 5.97 Å². The molecule has 0 unspecified atom stereocenters. The van der Waals surface area contributed by atoms with Crippen molar-refractivity contribution in [2.75, 3.05) is 24.6 Å². The first-order valence-electron chi connectivity index (χ1n) is 4.88. The van der Waals surface area contributed by atoms with Gasteiger partial charge in [-0.1, -0.05) is 18.2 Å². The Kier molecular flexibility index (Phi) is 4.42. The van der Waals surface area contributed by atoms with Crippen molar-refractivity contribution in [1.82, 2.24) is 0 Å². The van der Waals surface area contributed by atoms with E-state index in [0.29, 0.717) is 18.8 Å². The molecule has 16 heavy (non-hydrogen) atoms. The predicted octanol–water partition coefficient (Wildman–Crippen LogP) is -3.52. The first-order chi connectivity index (χ1) is 7.22. The van der Waals surface area contributed by atoms with Crippen LogP contribution in [0, 0.1) is 5.92 Å². The summed E-state index contributed by atoms with van der Waals surface area (Å²) in [4.78, 5) is 12.8. The molecule has 0 amide bonds. The number of aliphatic hydroxyl groups excluding tert-OH is 1. The molecule has 2 rings (SSSR count). The van der Waals surface area contributed by atoms with E-state index in [9.17, 15) is 9.90 Å². The minimum Gasteiger partial charge on any atom is -0.545 e. The molecule has 0 saturated carbocycles. The molecule has 0 aromatic heterocycles. The summed E-state index contributed by atoms with van der Waals surface area (Å²) in [5.74, 6) is -0.891. The van der Waals surface area contributed by atoms with Crippen molar-refractivity contribution < 1.29 is 33.9 Å². The Hall–Kier alpha value is -0.953. The molecule has 0 bridgehead atoms. The van der Waals surface area contributed by atoms with Gasteiger partial charge in [0.1, 0.15) is 0 Å². The Morgan fingerprint density at radius 1 is 1.44 bits per heavy atom. The van der Waals surface area contributed by atoms with E-state index in [0.717, 1.165) is 0 Å². The van der Waals surface area contributed by atoms with Crippen LogP contribution in [0.3, 0.4) is 0 Å². The van der Waals surface area contributed by atoms with Crippen LogP contribution < -0.4 is 28.9 Å². The van der Waals surface area contributed by atoms with E-state index in [1.807, 2.05) is 4.90 Å². The molecule has 0 atom stereocenters. The second-order valence-corrected chi connectivity index (χ2v) is 3.76. The molecule has 0 spiro atoms. The number of para-hydroxylation sites is 1. The molecule has 1 aliphatic rings. The van der Waals surface area contributed by atoms with Crippen LogP contribution in [-0.2, 0) is 0 Å². The molecule has 1 aliphatic heterocycles. The van der Waals surface area contributed by atoms with Gasteiger partial charge in [-0.2, -0.15) is 0 Å². The average Bonchev–Trinajstić information content (AvgIpc) is 2.16. The molecule has 1 N–H and O–H groups in total. The van der Waals surface area contributed by atoms with Gasteiger partial charge in [-0.3, -0.25) is 0 Å². The van der Waals surface area contributed by atoms with Crippen LogP contribution in [0.5, 0.6) is 0 Å². The van der Waals surface area contributed by atoms with Gasteiger partial charge in [-0.15, -0.1) is 0 Å². The molecule has 1 aromatic carbocycles. The number of rotatable bonds is 3. The fraction of sp³-hybridized carbons (Fsp3) is 0.364. The van der Waals surface area contributed by atoms with Crippen molar-refractivity contribution in [3.63, 3.8) is 0 Å². The van der Waals surface area contributed by atoms with Crippen molar-refractivity contribution in [1.29, 1.82) is 0 Å². The predicted molar refractivity (Wildman–Crippen MR) is 53.6 cm³/mol. The maximum absolute atomic E-state index is 10.8. The van der Waals surface area contributed by atoms with Crippen LogP contribution in [0.4, 0.5) is 5.69 Å². The summed E-state index contributed by atoms with van der Waals surface area (Å²) in [5.41, 5.74) is 0.899. The SMILES string of the molecule is O=C([O-])c1ccccc1N1CC(CO)C1.[Li+]. The molecule has 1 heterocycles. The van der Waals surface area contributed by atoms with E-state index in [1.165, 1.54) is 6.07 Å². The number of aromatic carboxylic acids is 1. The number of carbonyl (C=O) groups excluding carboxylic acids is 1. The summed E-state index contributed by atoms with van der Waals surface area (Å²) in [6.07, 6.45) is 0. The molecule has 5 heteroatoms. The maximum Gasteiger partial charge on any atom is 1.00 e. The Balaban J connectivity index is 0.00000128. The van der Waals surface area contributed by atoms with Gasteiger partial charge >= 0.3 is 18.9 Å². The fourth-order valence-corrected chi connectivity index (χ4v) is 1.80. The maximum atomic E-state index is 10.8. The minimum absolute atomic E-state index is 0. The Bertz CT molecular complexity index is 377. The van der Waals surface area contributed by atoms with Crippen LogP contribution >= 0.6 is 0 Å². The summed E-state index contributed by atoms with van der Waals surface area (Å²) in [7, 11) is 0. The zero-order valence-electron chi connectivity index (χ0n) is 9.22. The number of carbonyl (C=O) groups is 1. The molecule has 4 nitrogen and oxygen atoms in total. The van der Waals surface area contributed by atoms with E-state index in [4.69, 9.17) is 5.11 Å². The Labute approximate surface area is 106 Å². The van der Waals surface area contributed by atoms with E-state index in [2.05, 4.69) is 0 Å². The van der Waals surface area contributed by atoms with Crippen molar-refractivity contribution in [3.8, 4) is 0 Å². The number of hydrogen-bond acceptors (Lipinski definition) is 4. The molecule has 1 saturated heterocycles. The summed E-state index contributed by atoms with van der Waals surface area (Å²) < 4.78 is 0. The van der Waals surface area contributed by atoms with Gasteiger partial charge in [-0.25, -0.2) is 0 Å². The van der Waals surface area contributed by atoms with Gasteiger partial charge in [0.15, 0.2) is 0 Å².